The molecule has 1 aliphatic rings. The molecule has 5 heteroatoms. The number of nitrogen functional groups attached to an aromatic ring is 1. The van der Waals surface area contributed by atoms with Gasteiger partial charge in [-0.2, -0.15) is 4.98 Å². The molecule has 0 atom stereocenters. The lowest BCUT2D eigenvalue weighted by Crippen LogP contribution is -2.35. The number of nitrogens with zero attached hydrogens (tertiary/aromatic N) is 3. The first-order valence-electron chi connectivity index (χ1n) is 5.71. The van der Waals surface area contributed by atoms with Crippen LogP contribution in [0.25, 0.3) is 0 Å². The van der Waals surface area contributed by atoms with Gasteiger partial charge in [0.25, 0.3) is 0 Å². The molecule has 0 spiro atoms. The molecule has 2 heterocycles. The van der Waals surface area contributed by atoms with E-state index in [0.717, 1.165) is 17.8 Å². The second kappa shape index (κ2) is 4.63. The van der Waals surface area contributed by atoms with Crippen molar-refractivity contribution in [2.45, 2.75) is 32.4 Å². The SMILES string of the molecule is CCc1cnc(N)nc1N1CCC(F)CC1. The van der Waals surface area contributed by atoms with Gasteiger partial charge >= 0.3 is 0 Å². The molecule has 0 bridgehead atoms. The van der Waals surface area contributed by atoms with Crippen molar-refractivity contribution in [3.63, 3.8) is 0 Å². The van der Waals surface area contributed by atoms with E-state index >= 15 is 0 Å². The molecule has 1 fully saturated rings. The van der Waals surface area contributed by atoms with Crippen LogP contribution in [0.2, 0.25) is 0 Å². The van der Waals surface area contributed by atoms with Crippen LogP contribution in [-0.4, -0.2) is 29.2 Å². The lowest BCUT2D eigenvalue weighted by molar-refractivity contribution is 0.276. The minimum absolute atomic E-state index is 0.287. The number of anilines is 2. The van der Waals surface area contributed by atoms with Crippen molar-refractivity contribution in [1.29, 1.82) is 0 Å². The second-order valence-corrected chi connectivity index (χ2v) is 4.09. The van der Waals surface area contributed by atoms with E-state index < -0.39 is 6.17 Å². The Labute approximate surface area is 94.7 Å². The van der Waals surface area contributed by atoms with Gasteiger partial charge in [0.15, 0.2) is 0 Å². The summed E-state index contributed by atoms with van der Waals surface area (Å²) in [7, 11) is 0. The fraction of sp³-hybridized carbons (Fsp3) is 0.636. The smallest absolute Gasteiger partial charge is 0.221 e. The van der Waals surface area contributed by atoms with E-state index in [2.05, 4.69) is 21.8 Å². The number of piperidine rings is 1. The van der Waals surface area contributed by atoms with Crippen molar-refractivity contribution in [2.24, 2.45) is 0 Å². The van der Waals surface area contributed by atoms with Crippen LogP contribution in [-0.2, 0) is 6.42 Å². The van der Waals surface area contributed by atoms with E-state index in [0.29, 0.717) is 25.9 Å². The molecule has 2 N–H and O–H groups in total. The summed E-state index contributed by atoms with van der Waals surface area (Å²) in [6.45, 7) is 3.48. The topological polar surface area (TPSA) is 55.0 Å². The molecule has 1 aromatic rings. The van der Waals surface area contributed by atoms with Crippen LogP contribution in [0.5, 0.6) is 0 Å². The normalized spacial score (nSPS) is 17.8. The third-order valence-corrected chi connectivity index (χ3v) is 2.97. The summed E-state index contributed by atoms with van der Waals surface area (Å²) in [5.74, 6) is 1.16. The third-order valence-electron chi connectivity index (χ3n) is 2.97. The molecule has 0 unspecified atom stereocenters. The minimum atomic E-state index is -0.666. The maximum atomic E-state index is 13.1. The summed E-state index contributed by atoms with van der Waals surface area (Å²) in [4.78, 5) is 10.4. The van der Waals surface area contributed by atoms with E-state index in [9.17, 15) is 4.39 Å². The zero-order valence-electron chi connectivity index (χ0n) is 9.49. The maximum absolute atomic E-state index is 13.1. The molecule has 1 aromatic heterocycles. The fourth-order valence-electron chi connectivity index (χ4n) is 1.99. The lowest BCUT2D eigenvalue weighted by Gasteiger charge is -2.30. The molecule has 0 saturated carbocycles. The number of aryl methyl sites for hydroxylation is 1. The Kier molecular flexibility index (Phi) is 3.22. The first-order valence-corrected chi connectivity index (χ1v) is 5.71. The highest BCUT2D eigenvalue weighted by Crippen LogP contribution is 2.23. The standard InChI is InChI=1S/C11H17FN4/c1-2-8-7-14-11(13)15-10(8)16-5-3-9(12)4-6-16/h7,9H,2-6H2,1H3,(H2,13,14,15). The summed E-state index contributed by atoms with van der Waals surface area (Å²) < 4.78 is 13.1. The molecule has 0 aliphatic carbocycles. The Bertz CT molecular complexity index is 361. The second-order valence-electron chi connectivity index (χ2n) is 4.09. The van der Waals surface area contributed by atoms with Gasteiger partial charge in [-0.15, -0.1) is 0 Å². The van der Waals surface area contributed by atoms with E-state index in [4.69, 9.17) is 5.73 Å². The molecule has 4 nitrogen and oxygen atoms in total. The van der Waals surface area contributed by atoms with E-state index in [-0.39, 0.29) is 5.95 Å². The monoisotopic (exact) mass is 224 g/mol. The zero-order valence-corrected chi connectivity index (χ0v) is 9.49. The van der Waals surface area contributed by atoms with Gasteiger partial charge in [0.05, 0.1) is 0 Å². The number of nitrogens with two attached hydrogens (primary N) is 1. The van der Waals surface area contributed by atoms with Gasteiger partial charge in [0.1, 0.15) is 12.0 Å². The van der Waals surface area contributed by atoms with Gasteiger partial charge in [-0.25, -0.2) is 9.37 Å². The Balaban J connectivity index is 2.21. The van der Waals surface area contributed by atoms with Crippen molar-refractivity contribution in [2.75, 3.05) is 23.7 Å². The van der Waals surface area contributed by atoms with Gasteiger partial charge in [-0.05, 0) is 19.3 Å². The molecule has 2 rings (SSSR count). The highest BCUT2D eigenvalue weighted by Gasteiger charge is 2.21. The molecule has 16 heavy (non-hydrogen) atoms. The molecule has 0 amide bonds. The molecular formula is C11H17FN4. The maximum Gasteiger partial charge on any atom is 0.221 e. The highest BCUT2D eigenvalue weighted by molar-refractivity contribution is 5.49. The van der Waals surface area contributed by atoms with E-state index in [1.807, 2.05) is 0 Å². The molecule has 0 aromatic carbocycles. The summed E-state index contributed by atoms with van der Waals surface area (Å²) in [6, 6.07) is 0. The molecular weight excluding hydrogens is 207 g/mol. The first-order chi connectivity index (χ1) is 7.70. The number of rotatable bonds is 2. The Hall–Kier alpha value is -1.39. The third kappa shape index (κ3) is 2.23. The van der Waals surface area contributed by atoms with Crippen LogP contribution in [0, 0.1) is 0 Å². The van der Waals surface area contributed by atoms with Crippen molar-refractivity contribution in [3.05, 3.63) is 11.8 Å². The van der Waals surface area contributed by atoms with Crippen molar-refractivity contribution in [3.8, 4) is 0 Å². The van der Waals surface area contributed by atoms with Gasteiger partial charge in [0.2, 0.25) is 5.95 Å². The van der Waals surface area contributed by atoms with Gasteiger partial charge in [-0.1, -0.05) is 6.92 Å². The Morgan fingerprint density at radius 2 is 2.19 bits per heavy atom. The predicted octanol–water partition coefficient (Wildman–Crippen LogP) is 1.56. The average molecular weight is 224 g/mol. The van der Waals surface area contributed by atoms with Crippen molar-refractivity contribution >= 4 is 11.8 Å². The minimum Gasteiger partial charge on any atom is -0.368 e. The number of aromatic nitrogens is 2. The molecule has 88 valence electrons. The largest absolute Gasteiger partial charge is 0.368 e. The number of alkyl halides is 1. The average Bonchev–Trinajstić information content (AvgIpc) is 2.30. The van der Waals surface area contributed by atoms with Crippen LogP contribution in [0.15, 0.2) is 6.20 Å². The van der Waals surface area contributed by atoms with Gasteiger partial charge < -0.3 is 10.6 Å². The first kappa shape index (κ1) is 11.1. The van der Waals surface area contributed by atoms with E-state index in [1.54, 1.807) is 6.20 Å². The van der Waals surface area contributed by atoms with Gasteiger partial charge in [0, 0.05) is 24.8 Å². The summed E-state index contributed by atoms with van der Waals surface area (Å²) in [6.07, 6.45) is 3.12. The van der Waals surface area contributed by atoms with E-state index in [1.165, 1.54) is 0 Å². The quantitative estimate of drug-likeness (QED) is 0.828. The summed E-state index contributed by atoms with van der Waals surface area (Å²) in [5, 5.41) is 0. The van der Waals surface area contributed by atoms with Crippen LogP contribution < -0.4 is 10.6 Å². The number of hydrogen-bond donors (Lipinski definition) is 1. The van der Waals surface area contributed by atoms with Crippen molar-refractivity contribution in [1.82, 2.24) is 9.97 Å². The Morgan fingerprint density at radius 1 is 1.50 bits per heavy atom. The molecule has 1 saturated heterocycles. The van der Waals surface area contributed by atoms with Crippen molar-refractivity contribution < 1.29 is 4.39 Å². The van der Waals surface area contributed by atoms with Crippen LogP contribution in [0.4, 0.5) is 16.2 Å². The summed E-state index contributed by atoms with van der Waals surface area (Å²) in [5.41, 5.74) is 6.67. The fourth-order valence-corrected chi connectivity index (χ4v) is 1.99. The van der Waals surface area contributed by atoms with Gasteiger partial charge in [-0.3, -0.25) is 0 Å². The predicted molar refractivity (Wildman–Crippen MR) is 62.2 cm³/mol. The Morgan fingerprint density at radius 3 is 2.81 bits per heavy atom. The highest BCUT2D eigenvalue weighted by atomic mass is 19.1. The number of hydrogen-bond acceptors (Lipinski definition) is 4. The van der Waals surface area contributed by atoms with Crippen LogP contribution in [0.1, 0.15) is 25.3 Å². The van der Waals surface area contributed by atoms with Crippen LogP contribution in [0.3, 0.4) is 0 Å². The summed E-state index contributed by atoms with van der Waals surface area (Å²) >= 11 is 0. The number of halogens is 1. The lowest BCUT2D eigenvalue weighted by atomic mass is 10.1. The zero-order chi connectivity index (χ0) is 11.5. The molecule has 1 aliphatic heterocycles. The molecule has 0 radical (unpaired) electrons. The van der Waals surface area contributed by atoms with Crippen LogP contribution >= 0.6 is 0 Å².